The van der Waals surface area contributed by atoms with Gasteiger partial charge in [0.1, 0.15) is 5.75 Å². The normalized spacial score (nSPS) is 18.4. The highest BCUT2D eigenvalue weighted by molar-refractivity contribution is 5.71. The highest BCUT2D eigenvalue weighted by Crippen LogP contribution is 2.31. The molecule has 0 amide bonds. The van der Waals surface area contributed by atoms with Crippen LogP contribution in [0.4, 0.5) is 0 Å². The number of carbonyl (C=O) groups excluding carboxylic acids is 1. The van der Waals surface area contributed by atoms with E-state index in [-0.39, 0.29) is 12.6 Å². The van der Waals surface area contributed by atoms with Gasteiger partial charge in [-0.2, -0.15) is 0 Å². The predicted molar refractivity (Wildman–Crippen MR) is 65.1 cm³/mol. The molecule has 1 aliphatic rings. The number of benzene rings is 1. The first-order valence-corrected chi connectivity index (χ1v) is 6.01. The summed E-state index contributed by atoms with van der Waals surface area (Å²) in [6, 6.07) is 6.07. The van der Waals surface area contributed by atoms with Crippen LogP contribution in [0.25, 0.3) is 0 Å². The van der Waals surface area contributed by atoms with Crippen molar-refractivity contribution in [2.45, 2.75) is 26.2 Å². The zero-order chi connectivity index (χ0) is 12.3. The highest BCUT2D eigenvalue weighted by atomic mass is 16.6. The van der Waals surface area contributed by atoms with Gasteiger partial charge in [0.2, 0.25) is 0 Å². The summed E-state index contributed by atoms with van der Waals surface area (Å²) in [5.74, 6) is 1.23. The number of methoxy groups -OCH3 is 1. The molecule has 0 N–H and O–H groups in total. The van der Waals surface area contributed by atoms with E-state index in [0.29, 0.717) is 0 Å². The molecule has 3 heteroatoms. The topological polar surface area (TPSA) is 35.5 Å². The third-order valence-corrected chi connectivity index (χ3v) is 3.26. The highest BCUT2D eigenvalue weighted by Gasteiger charge is 2.18. The molecule has 3 nitrogen and oxygen atoms in total. The minimum atomic E-state index is -0.341. The van der Waals surface area contributed by atoms with Crippen LogP contribution in [0, 0.1) is 5.92 Å². The molecule has 1 aromatic rings. The van der Waals surface area contributed by atoms with Gasteiger partial charge in [-0.1, -0.05) is 19.1 Å². The Morgan fingerprint density at radius 1 is 1.47 bits per heavy atom. The van der Waals surface area contributed by atoms with E-state index in [1.54, 1.807) is 0 Å². The van der Waals surface area contributed by atoms with Crippen molar-refractivity contribution in [2.75, 3.05) is 13.7 Å². The van der Waals surface area contributed by atoms with E-state index in [9.17, 15) is 4.79 Å². The zero-order valence-electron chi connectivity index (χ0n) is 10.4. The van der Waals surface area contributed by atoms with Gasteiger partial charge in [0.05, 0.1) is 7.11 Å². The fourth-order valence-electron chi connectivity index (χ4n) is 2.29. The molecule has 0 radical (unpaired) electrons. The van der Waals surface area contributed by atoms with Crippen molar-refractivity contribution < 1.29 is 14.3 Å². The number of hydrogen-bond acceptors (Lipinski definition) is 3. The third kappa shape index (κ3) is 2.78. The Balaban J connectivity index is 2.13. The summed E-state index contributed by atoms with van der Waals surface area (Å²) in [5.41, 5.74) is 2.61. The van der Waals surface area contributed by atoms with E-state index >= 15 is 0 Å². The van der Waals surface area contributed by atoms with E-state index in [4.69, 9.17) is 4.74 Å². The summed E-state index contributed by atoms with van der Waals surface area (Å²) in [6.45, 7) is 2.26. The van der Waals surface area contributed by atoms with Crippen molar-refractivity contribution in [3.8, 4) is 5.75 Å². The largest absolute Gasteiger partial charge is 0.482 e. The molecule has 1 aliphatic carbocycles. The second-order valence-corrected chi connectivity index (χ2v) is 4.61. The van der Waals surface area contributed by atoms with Crippen LogP contribution in [0.3, 0.4) is 0 Å². The van der Waals surface area contributed by atoms with Gasteiger partial charge in [-0.15, -0.1) is 0 Å². The molecular formula is C14H18O3. The number of carbonyl (C=O) groups is 1. The molecule has 0 saturated carbocycles. The Morgan fingerprint density at radius 2 is 2.29 bits per heavy atom. The molecule has 17 heavy (non-hydrogen) atoms. The lowest BCUT2D eigenvalue weighted by Gasteiger charge is -2.23. The minimum absolute atomic E-state index is 0.0114. The number of esters is 1. The number of ether oxygens (including phenoxy) is 2. The van der Waals surface area contributed by atoms with Crippen LogP contribution in [0.15, 0.2) is 18.2 Å². The average molecular weight is 234 g/mol. The Labute approximate surface area is 102 Å². The molecule has 1 atom stereocenters. The lowest BCUT2D eigenvalue weighted by atomic mass is 9.84. The summed E-state index contributed by atoms with van der Waals surface area (Å²) in [6.07, 6.45) is 3.32. The SMILES string of the molecule is COC(=O)COc1cccc2c1CCC(C)C2. The number of hydrogen-bond donors (Lipinski definition) is 0. The smallest absolute Gasteiger partial charge is 0.343 e. The molecular weight excluding hydrogens is 216 g/mol. The van der Waals surface area contributed by atoms with Crippen LogP contribution in [0.5, 0.6) is 5.75 Å². The Hall–Kier alpha value is -1.51. The monoisotopic (exact) mass is 234 g/mol. The standard InChI is InChI=1S/C14H18O3/c1-10-6-7-12-11(8-10)4-3-5-13(12)17-9-14(15)16-2/h3-5,10H,6-9H2,1-2H3. The van der Waals surface area contributed by atoms with Gasteiger partial charge in [0, 0.05) is 0 Å². The zero-order valence-corrected chi connectivity index (χ0v) is 10.4. The first kappa shape index (κ1) is 12.0. The van der Waals surface area contributed by atoms with Gasteiger partial charge in [-0.25, -0.2) is 4.79 Å². The summed E-state index contributed by atoms with van der Waals surface area (Å²) in [5, 5.41) is 0. The van der Waals surface area contributed by atoms with E-state index in [1.165, 1.54) is 24.7 Å². The van der Waals surface area contributed by atoms with Crippen molar-refractivity contribution >= 4 is 5.97 Å². The Bertz CT molecular complexity index is 412. The van der Waals surface area contributed by atoms with Crippen molar-refractivity contribution in [1.82, 2.24) is 0 Å². The molecule has 0 fully saturated rings. The lowest BCUT2D eigenvalue weighted by Crippen LogP contribution is -2.16. The maximum atomic E-state index is 11.1. The second kappa shape index (κ2) is 5.21. The third-order valence-electron chi connectivity index (χ3n) is 3.26. The molecule has 0 bridgehead atoms. The molecule has 0 aliphatic heterocycles. The van der Waals surface area contributed by atoms with Crippen LogP contribution < -0.4 is 4.74 Å². The van der Waals surface area contributed by atoms with Crippen molar-refractivity contribution in [3.05, 3.63) is 29.3 Å². The van der Waals surface area contributed by atoms with Gasteiger partial charge in [-0.3, -0.25) is 0 Å². The van der Waals surface area contributed by atoms with Crippen molar-refractivity contribution in [3.63, 3.8) is 0 Å². The van der Waals surface area contributed by atoms with Gasteiger partial charge in [0.15, 0.2) is 6.61 Å². The predicted octanol–water partition coefficient (Wildman–Crippen LogP) is 2.36. The minimum Gasteiger partial charge on any atom is -0.482 e. The van der Waals surface area contributed by atoms with Crippen molar-refractivity contribution in [1.29, 1.82) is 0 Å². The first-order chi connectivity index (χ1) is 8.20. The fraction of sp³-hybridized carbons (Fsp3) is 0.500. The van der Waals surface area contributed by atoms with Crippen LogP contribution in [-0.4, -0.2) is 19.7 Å². The first-order valence-electron chi connectivity index (χ1n) is 6.01. The molecule has 1 unspecified atom stereocenters. The van der Waals surface area contributed by atoms with Gasteiger partial charge in [-0.05, 0) is 42.4 Å². The number of rotatable bonds is 3. The molecule has 0 aromatic heterocycles. The van der Waals surface area contributed by atoms with E-state index in [0.717, 1.165) is 24.5 Å². The van der Waals surface area contributed by atoms with E-state index < -0.39 is 0 Å². The van der Waals surface area contributed by atoms with Crippen LogP contribution in [-0.2, 0) is 22.4 Å². The van der Waals surface area contributed by atoms with E-state index in [1.807, 2.05) is 12.1 Å². The summed E-state index contributed by atoms with van der Waals surface area (Å²) in [4.78, 5) is 11.1. The van der Waals surface area contributed by atoms with Gasteiger partial charge < -0.3 is 9.47 Å². The summed E-state index contributed by atoms with van der Waals surface area (Å²) < 4.78 is 10.1. The molecule has 0 saturated heterocycles. The lowest BCUT2D eigenvalue weighted by molar-refractivity contribution is -0.142. The van der Waals surface area contributed by atoms with Crippen LogP contribution in [0.1, 0.15) is 24.5 Å². The Kier molecular flexibility index (Phi) is 3.67. The molecule has 0 spiro atoms. The molecule has 0 heterocycles. The molecule has 92 valence electrons. The van der Waals surface area contributed by atoms with E-state index in [2.05, 4.69) is 17.7 Å². The van der Waals surface area contributed by atoms with Crippen LogP contribution >= 0.6 is 0 Å². The number of fused-ring (bicyclic) bond motifs is 1. The summed E-state index contributed by atoms with van der Waals surface area (Å²) in [7, 11) is 1.37. The van der Waals surface area contributed by atoms with Crippen LogP contribution in [0.2, 0.25) is 0 Å². The van der Waals surface area contributed by atoms with Gasteiger partial charge >= 0.3 is 5.97 Å². The quantitative estimate of drug-likeness (QED) is 0.753. The maximum absolute atomic E-state index is 11.1. The average Bonchev–Trinajstić information content (AvgIpc) is 2.35. The van der Waals surface area contributed by atoms with Gasteiger partial charge in [0.25, 0.3) is 0 Å². The van der Waals surface area contributed by atoms with Crippen molar-refractivity contribution in [2.24, 2.45) is 5.92 Å². The maximum Gasteiger partial charge on any atom is 0.343 e. The summed E-state index contributed by atoms with van der Waals surface area (Å²) >= 11 is 0. The molecule has 2 rings (SSSR count). The molecule has 1 aromatic carbocycles. The Morgan fingerprint density at radius 3 is 3.06 bits per heavy atom. The fourth-order valence-corrected chi connectivity index (χ4v) is 2.29. The second-order valence-electron chi connectivity index (χ2n) is 4.61.